The number of para-hydroxylation sites is 1. The summed E-state index contributed by atoms with van der Waals surface area (Å²) in [6.45, 7) is 9.81. The summed E-state index contributed by atoms with van der Waals surface area (Å²) in [5.74, 6) is 0.357. The normalized spacial score (nSPS) is 12.5. The van der Waals surface area contributed by atoms with Gasteiger partial charge in [0, 0.05) is 11.3 Å². The van der Waals surface area contributed by atoms with Crippen molar-refractivity contribution in [2.45, 2.75) is 47.2 Å². The van der Waals surface area contributed by atoms with Gasteiger partial charge < -0.3 is 9.97 Å². The van der Waals surface area contributed by atoms with Crippen LogP contribution in [0.1, 0.15) is 58.7 Å². The molecule has 7 nitrogen and oxygen atoms in total. The Balaban J connectivity index is 1.89. The molecule has 1 atom stereocenters. The van der Waals surface area contributed by atoms with Crippen LogP contribution in [0.4, 0.5) is 0 Å². The van der Waals surface area contributed by atoms with Crippen molar-refractivity contribution in [3.05, 3.63) is 63.0 Å². The van der Waals surface area contributed by atoms with Crippen LogP contribution >= 0.6 is 0 Å². The smallest absolute Gasteiger partial charge is 0.258 e. The Hall–Kier alpha value is -3.06. The number of aryl methyl sites for hydroxylation is 1. The summed E-state index contributed by atoms with van der Waals surface area (Å²) in [4.78, 5) is 49.7. The Bertz CT molecular complexity index is 1140. The first-order chi connectivity index (χ1) is 13.7. The van der Waals surface area contributed by atoms with Gasteiger partial charge in [-0.1, -0.05) is 19.1 Å². The number of aromatic nitrogens is 3. The second-order valence-corrected chi connectivity index (χ2v) is 7.31. The number of benzene rings is 1. The minimum atomic E-state index is -0.451. The van der Waals surface area contributed by atoms with Gasteiger partial charge in [0.15, 0.2) is 11.6 Å². The Morgan fingerprint density at radius 3 is 2.48 bits per heavy atom. The van der Waals surface area contributed by atoms with E-state index in [2.05, 4.69) is 15.0 Å². The summed E-state index contributed by atoms with van der Waals surface area (Å²) in [5.41, 5.74) is 2.85. The predicted octanol–water partition coefficient (Wildman–Crippen LogP) is 3.16. The predicted molar refractivity (Wildman–Crippen MR) is 113 cm³/mol. The molecule has 1 unspecified atom stereocenters. The Kier molecular flexibility index (Phi) is 5.79. The van der Waals surface area contributed by atoms with Gasteiger partial charge in [-0.05, 0) is 51.9 Å². The number of aromatic amines is 2. The van der Waals surface area contributed by atoms with Crippen LogP contribution in [0.2, 0.25) is 0 Å². The molecular formula is C22H26N4O3. The fourth-order valence-corrected chi connectivity index (χ4v) is 3.82. The molecule has 0 radical (unpaired) electrons. The summed E-state index contributed by atoms with van der Waals surface area (Å²) >= 11 is 0. The number of nitrogens with one attached hydrogen (secondary N) is 2. The maximum Gasteiger partial charge on any atom is 0.258 e. The zero-order valence-corrected chi connectivity index (χ0v) is 17.4. The molecule has 2 N–H and O–H groups in total. The molecule has 3 aromatic rings. The molecule has 29 heavy (non-hydrogen) atoms. The van der Waals surface area contributed by atoms with Gasteiger partial charge in [-0.2, -0.15) is 0 Å². The van der Waals surface area contributed by atoms with Gasteiger partial charge in [-0.25, -0.2) is 4.98 Å². The molecule has 0 fully saturated rings. The third-order valence-corrected chi connectivity index (χ3v) is 5.38. The molecule has 7 heteroatoms. The number of Topliss-reactive ketones (excluding diaryl/α,β-unsaturated/α-hetero) is 2. The van der Waals surface area contributed by atoms with Crippen molar-refractivity contribution in [2.24, 2.45) is 0 Å². The van der Waals surface area contributed by atoms with Crippen LogP contribution in [-0.2, 0) is 6.54 Å². The molecule has 152 valence electrons. The lowest BCUT2D eigenvalue weighted by Crippen LogP contribution is -2.39. The molecule has 0 bridgehead atoms. The zero-order chi connectivity index (χ0) is 21.3. The molecule has 0 saturated heterocycles. The quantitative estimate of drug-likeness (QED) is 0.600. The van der Waals surface area contributed by atoms with Crippen molar-refractivity contribution in [1.82, 2.24) is 19.9 Å². The first-order valence-corrected chi connectivity index (χ1v) is 9.70. The Labute approximate surface area is 169 Å². The van der Waals surface area contributed by atoms with E-state index in [0.29, 0.717) is 52.3 Å². The molecule has 0 amide bonds. The standard InChI is InChI=1S/C22H26N4O3/c1-6-26(11-18-24-17-10-8-7-9-16(17)22(29)25-18)14(4)21(28)20-12(2)19(15(5)27)13(3)23-20/h7-10,14,23H,6,11H2,1-5H3,(H,24,25,29). The number of hydrogen-bond donors (Lipinski definition) is 2. The molecule has 0 aliphatic heterocycles. The summed E-state index contributed by atoms with van der Waals surface area (Å²) in [7, 11) is 0. The molecule has 3 rings (SSSR count). The van der Waals surface area contributed by atoms with Crippen molar-refractivity contribution in [3.8, 4) is 0 Å². The molecule has 0 aliphatic carbocycles. The van der Waals surface area contributed by atoms with Crippen LogP contribution in [0.25, 0.3) is 10.9 Å². The molecular weight excluding hydrogens is 368 g/mol. The minimum absolute atomic E-state index is 0.0618. The largest absolute Gasteiger partial charge is 0.355 e. The lowest BCUT2D eigenvalue weighted by Gasteiger charge is -2.26. The second-order valence-electron chi connectivity index (χ2n) is 7.31. The molecule has 2 heterocycles. The fraction of sp³-hybridized carbons (Fsp3) is 0.364. The van der Waals surface area contributed by atoms with Crippen LogP contribution in [0.15, 0.2) is 29.1 Å². The average molecular weight is 394 g/mol. The lowest BCUT2D eigenvalue weighted by molar-refractivity contribution is 0.0827. The molecule has 0 spiro atoms. The number of ketones is 2. The van der Waals surface area contributed by atoms with Crippen molar-refractivity contribution in [3.63, 3.8) is 0 Å². The van der Waals surface area contributed by atoms with Crippen LogP contribution in [-0.4, -0.2) is 44.0 Å². The van der Waals surface area contributed by atoms with E-state index < -0.39 is 6.04 Å². The maximum absolute atomic E-state index is 13.1. The highest BCUT2D eigenvalue weighted by molar-refractivity contribution is 6.05. The van der Waals surface area contributed by atoms with Crippen molar-refractivity contribution >= 4 is 22.5 Å². The molecule has 2 aromatic heterocycles. The van der Waals surface area contributed by atoms with Gasteiger partial charge in [0.25, 0.3) is 5.56 Å². The van der Waals surface area contributed by atoms with E-state index in [0.717, 1.165) is 0 Å². The summed E-state index contributed by atoms with van der Waals surface area (Å²) in [5, 5.41) is 0.540. The van der Waals surface area contributed by atoms with Gasteiger partial charge in [0.1, 0.15) is 5.82 Å². The van der Waals surface area contributed by atoms with Crippen molar-refractivity contribution in [1.29, 1.82) is 0 Å². The number of carbonyl (C=O) groups excluding carboxylic acids is 2. The fourth-order valence-electron chi connectivity index (χ4n) is 3.82. The highest BCUT2D eigenvalue weighted by Gasteiger charge is 2.27. The number of nitrogens with zero attached hydrogens (tertiary/aromatic N) is 2. The molecule has 0 saturated carbocycles. The third-order valence-electron chi connectivity index (χ3n) is 5.38. The van der Waals surface area contributed by atoms with Gasteiger partial charge in [-0.3, -0.25) is 19.3 Å². The van der Waals surface area contributed by atoms with Gasteiger partial charge in [-0.15, -0.1) is 0 Å². The van der Waals surface area contributed by atoms with Gasteiger partial charge >= 0.3 is 0 Å². The van der Waals surface area contributed by atoms with Gasteiger partial charge in [0.2, 0.25) is 0 Å². The first kappa shape index (κ1) is 20.7. The summed E-state index contributed by atoms with van der Waals surface area (Å²) < 4.78 is 0. The van der Waals surface area contributed by atoms with E-state index in [1.54, 1.807) is 32.0 Å². The Morgan fingerprint density at radius 2 is 1.86 bits per heavy atom. The van der Waals surface area contributed by atoms with E-state index in [9.17, 15) is 14.4 Å². The molecule has 0 aliphatic rings. The summed E-state index contributed by atoms with van der Waals surface area (Å²) in [6, 6.07) is 6.72. The van der Waals surface area contributed by atoms with Crippen LogP contribution in [0, 0.1) is 13.8 Å². The topological polar surface area (TPSA) is 98.9 Å². The highest BCUT2D eigenvalue weighted by Crippen LogP contribution is 2.21. The first-order valence-electron chi connectivity index (χ1n) is 9.70. The van der Waals surface area contributed by atoms with Gasteiger partial charge in [0.05, 0.1) is 29.2 Å². The SMILES string of the molecule is CCN(Cc1nc2ccccc2c(=O)[nH]1)C(C)C(=O)c1[nH]c(C)c(C(C)=O)c1C. The minimum Gasteiger partial charge on any atom is -0.355 e. The number of likely N-dealkylation sites (N-methyl/N-ethyl adjacent to an activating group) is 1. The Morgan fingerprint density at radius 1 is 1.17 bits per heavy atom. The number of H-pyrrole nitrogens is 2. The monoisotopic (exact) mass is 394 g/mol. The molecule has 1 aromatic carbocycles. The number of fused-ring (bicyclic) bond motifs is 1. The van der Waals surface area contributed by atoms with E-state index >= 15 is 0 Å². The number of hydrogen-bond acceptors (Lipinski definition) is 5. The zero-order valence-electron chi connectivity index (χ0n) is 17.4. The summed E-state index contributed by atoms with van der Waals surface area (Å²) in [6.07, 6.45) is 0. The lowest BCUT2D eigenvalue weighted by atomic mass is 10.0. The van der Waals surface area contributed by atoms with Crippen LogP contribution < -0.4 is 5.56 Å². The van der Waals surface area contributed by atoms with E-state index in [1.165, 1.54) is 6.92 Å². The van der Waals surface area contributed by atoms with Crippen LogP contribution in [0.3, 0.4) is 0 Å². The van der Waals surface area contributed by atoms with Crippen molar-refractivity contribution < 1.29 is 9.59 Å². The van der Waals surface area contributed by atoms with Crippen molar-refractivity contribution in [2.75, 3.05) is 6.54 Å². The second kappa shape index (κ2) is 8.13. The number of rotatable bonds is 7. The highest BCUT2D eigenvalue weighted by atomic mass is 16.1. The maximum atomic E-state index is 13.1. The number of carbonyl (C=O) groups is 2. The van der Waals surface area contributed by atoms with E-state index in [1.807, 2.05) is 24.8 Å². The van der Waals surface area contributed by atoms with E-state index in [4.69, 9.17) is 0 Å². The average Bonchev–Trinajstić information content (AvgIpc) is 2.99. The third kappa shape index (κ3) is 3.91. The van der Waals surface area contributed by atoms with E-state index in [-0.39, 0.29) is 17.1 Å². The van der Waals surface area contributed by atoms with Crippen LogP contribution in [0.5, 0.6) is 0 Å².